The predicted molar refractivity (Wildman–Crippen MR) is 139 cm³/mol. The molecule has 2 aliphatic rings. The number of rotatable bonds is 13. The molecule has 0 saturated carbocycles. The molecule has 2 aliphatic heterocycles. The lowest BCUT2D eigenvalue weighted by Crippen LogP contribution is -2.80. The van der Waals surface area contributed by atoms with Crippen LogP contribution in [0.3, 0.4) is 0 Å². The number of carbonyl (C=O) groups is 5. The molecule has 2 amide bonds. The minimum Gasteiger partial charge on any atom is -0.508 e. The number of hydrogen-bond donors (Lipinski definition) is 5. The topological polar surface area (TPSA) is 215 Å². The first kappa shape index (κ1) is 30.5. The van der Waals surface area contributed by atoms with E-state index in [0.717, 1.165) is 16.7 Å². The van der Waals surface area contributed by atoms with Crippen LogP contribution in [0.15, 0.2) is 41.3 Å². The lowest BCUT2D eigenvalue weighted by Gasteiger charge is -2.55. The highest BCUT2D eigenvalue weighted by molar-refractivity contribution is 8.00. The van der Waals surface area contributed by atoms with Crippen LogP contribution in [0.4, 0.5) is 0 Å². The van der Waals surface area contributed by atoms with Crippen molar-refractivity contribution in [1.29, 1.82) is 0 Å². The minimum atomic E-state index is -1.82. The first-order chi connectivity index (χ1) is 18.9. The standard InChI is InChI=1S/C25H29N3O11S/c1-37-17(10-13-6-8-15(29)9-7-13)22(35)39-11-14-12-40-24-25(38-2,23(36)28(24)19(14)21(33)34)27-18(30)5-3-4-16(26)20(31)32/h6-10,16,24,29H,3-5,11-12,26H2,1-2H3,(H,27,30)(H,31,32)(H,33,34)/t16?,24-,25-/m0/s1. The number of esters is 1. The summed E-state index contributed by atoms with van der Waals surface area (Å²) in [5.41, 5.74) is 3.91. The summed E-state index contributed by atoms with van der Waals surface area (Å²) in [6.07, 6.45) is 1.45. The van der Waals surface area contributed by atoms with E-state index in [0.29, 0.717) is 5.56 Å². The molecule has 0 spiro atoms. The molecule has 1 aromatic rings. The van der Waals surface area contributed by atoms with Gasteiger partial charge in [-0.1, -0.05) is 12.1 Å². The van der Waals surface area contributed by atoms with Crippen molar-refractivity contribution >= 4 is 47.6 Å². The molecule has 6 N–H and O–H groups in total. The number of carboxylic acids is 2. The summed E-state index contributed by atoms with van der Waals surface area (Å²) in [6, 6.07) is 4.81. The first-order valence-corrected chi connectivity index (χ1v) is 13.0. The SMILES string of the molecule is COC(=Cc1ccc(O)cc1)C(=O)OCC1=C(C(=O)O)N2C(=O)[C@](NC(=O)CCCC(N)C(=O)O)(OC)[C@@H]2SC1. The molecule has 40 heavy (non-hydrogen) atoms. The first-order valence-electron chi connectivity index (χ1n) is 11.9. The van der Waals surface area contributed by atoms with Crippen LogP contribution in [0, 0.1) is 0 Å². The molecule has 0 aromatic heterocycles. The number of nitrogens with two attached hydrogens (primary N) is 1. The maximum absolute atomic E-state index is 13.2. The van der Waals surface area contributed by atoms with Gasteiger partial charge in [0.05, 0.1) is 7.11 Å². The number of β-lactam (4-membered cyclic amide) rings is 1. The van der Waals surface area contributed by atoms with Crippen molar-refractivity contribution in [3.8, 4) is 5.75 Å². The number of nitrogens with zero attached hydrogens (tertiary/aromatic N) is 1. The number of aliphatic carboxylic acids is 2. The van der Waals surface area contributed by atoms with Gasteiger partial charge in [-0.3, -0.25) is 19.3 Å². The van der Waals surface area contributed by atoms with Crippen molar-refractivity contribution in [2.24, 2.45) is 5.73 Å². The highest BCUT2D eigenvalue weighted by Gasteiger charge is 2.66. The number of phenols is 1. The van der Waals surface area contributed by atoms with Crippen LogP contribution < -0.4 is 11.1 Å². The van der Waals surface area contributed by atoms with Gasteiger partial charge in [0.1, 0.15) is 29.5 Å². The summed E-state index contributed by atoms with van der Waals surface area (Å²) in [4.78, 5) is 62.2. The summed E-state index contributed by atoms with van der Waals surface area (Å²) in [5, 5.41) is 29.7. The fourth-order valence-corrected chi connectivity index (χ4v) is 5.50. The molecule has 14 nitrogen and oxygen atoms in total. The number of methoxy groups -OCH3 is 2. The largest absolute Gasteiger partial charge is 0.508 e. The molecule has 2 heterocycles. The lowest BCUT2D eigenvalue weighted by atomic mass is 9.97. The number of carbonyl (C=O) groups excluding carboxylic acids is 3. The number of nitrogens with one attached hydrogen (secondary N) is 1. The molecule has 15 heteroatoms. The Morgan fingerprint density at radius 1 is 1.23 bits per heavy atom. The van der Waals surface area contributed by atoms with Gasteiger partial charge < -0.3 is 40.6 Å². The Labute approximate surface area is 232 Å². The molecule has 0 aliphatic carbocycles. The van der Waals surface area contributed by atoms with Gasteiger partial charge in [-0.25, -0.2) is 9.59 Å². The number of hydrogen-bond acceptors (Lipinski definition) is 11. The Balaban J connectivity index is 1.70. The van der Waals surface area contributed by atoms with Gasteiger partial charge in [0.15, 0.2) is 0 Å². The van der Waals surface area contributed by atoms with E-state index < -0.39 is 59.2 Å². The molecule has 1 saturated heterocycles. The van der Waals surface area contributed by atoms with Crippen molar-refractivity contribution in [3.05, 3.63) is 46.9 Å². The Hall–Kier alpha value is -4.08. The fourth-order valence-electron chi connectivity index (χ4n) is 4.08. The fraction of sp³-hybridized carbons (Fsp3) is 0.400. The summed E-state index contributed by atoms with van der Waals surface area (Å²) in [7, 11) is 2.46. The van der Waals surface area contributed by atoms with E-state index in [4.69, 9.17) is 25.1 Å². The molecule has 3 rings (SSSR count). The van der Waals surface area contributed by atoms with Gasteiger partial charge in [-0.2, -0.15) is 0 Å². The van der Waals surface area contributed by atoms with Gasteiger partial charge in [0.25, 0.3) is 11.6 Å². The van der Waals surface area contributed by atoms with Crippen LogP contribution in [0.2, 0.25) is 0 Å². The van der Waals surface area contributed by atoms with Crippen molar-refractivity contribution in [2.75, 3.05) is 26.6 Å². The van der Waals surface area contributed by atoms with Crippen LogP contribution in [-0.2, 0) is 38.2 Å². The highest BCUT2D eigenvalue weighted by atomic mass is 32.2. The average Bonchev–Trinajstić information content (AvgIpc) is 2.93. The third-order valence-corrected chi connectivity index (χ3v) is 7.56. The number of aromatic hydroxyl groups is 1. The monoisotopic (exact) mass is 579 g/mol. The predicted octanol–water partition coefficient (Wildman–Crippen LogP) is 0.218. The van der Waals surface area contributed by atoms with E-state index in [1.54, 1.807) is 12.1 Å². The normalized spacial score (nSPS) is 21.2. The van der Waals surface area contributed by atoms with Crippen molar-refractivity contribution in [2.45, 2.75) is 36.4 Å². The number of ether oxygens (including phenoxy) is 3. The number of fused-ring (bicyclic) bond motifs is 1. The minimum absolute atomic E-state index is 0.0398. The Morgan fingerprint density at radius 2 is 1.90 bits per heavy atom. The maximum Gasteiger partial charge on any atom is 0.373 e. The summed E-state index contributed by atoms with van der Waals surface area (Å²) < 4.78 is 15.7. The van der Waals surface area contributed by atoms with Crippen LogP contribution in [0.25, 0.3) is 6.08 Å². The second kappa shape index (κ2) is 12.8. The Kier molecular flexibility index (Phi) is 9.78. The summed E-state index contributed by atoms with van der Waals surface area (Å²) >= 11 is 1.11. The lowest BCUT2D eigenvalue weighted by molar-refractivity contribution is -0.192. The molecule has 1 unspecified atom stereocenters. The molecule has 1 aromatic carbocycles. The zero-order valence-electron chi connectivity index (χ0n) is 21.6. The van der Waals surface area contributed by atoms with Crippen LogP contribution in [-0.4, -0.2) is 93.7 Å². The third kappa shape index (κ3) is 6.38. The Morgan fingerprint density at radius 3 is 2.48 bits per heavy atom. The van der Waals surface area contributed by atoms with Crippen LogP contribution in [0.5, 0.6) is 5.75 Å². The Bertz CT molecular complexity index is 1250. The van der Waals surface area contributed by atoms with Crippen LogP contribution >= 0.6 is 11.8 Å². The second-order valence-corrected chi connectivity index (χ2v) is 9.87. The van der Waals surface area contributed by atoms with Gasteiger partial charge in [-0.15, -0.1) is 11.8 Å². The summed E-state index contributed by atoms with van der Waals surface area (Å²) in [6.45, 7) is -0.448. The highest BCUT2D eigenvalue weighted by Crippen LogP contribution is 2.46. The van der Waals surface area contributed by atoms with E-state index in [-0.39, 0.29) is 42.1 Å². The summed E-state index contributed by atoms with van der Waals surface area (Å²) in [5.74, 6) is -5.02. The molecule has 3 atom stereocenters. The van der Waals surface area contributed by atoms with Crippen molar-refractivity contribution in [3.63, 3.8) is 0 Å². The number of carboxylic acid groups (broad SMARTS) is 2. The van der Waals surface area contributed by atoms with Crippen LogP contribution in [0.1, 0.15) is 24.8 Å². The van der Waals surface area contributed by atoms with Gasteiger partial charge >= 0.3 is 17.9 Å². The van der Waals surface area contributed by atoms with Gasteiger partial charge in [-0.05, 0) is 36.6 Å². The molecular weight excluding hydrogens is 550 g/mol. The molecule has 216 valence electrons. The zero-order valence-corrected chi connectivity index (χ0v) is 22.4. The third-order valence-electron chi connectivity index (χ3n) is 6.19. The second-order valence-electron chi connectivity index (χ2n) is 8.80. The van der Waals surface area contributed by atoms with E-state index in [1.807, 2.05) is 0 Å². The molecule has 0 bridgehead atoms. The van der Waals surface area contributed by atoms with E-state index >= 15 is 0 Å². The van der Waals surface area contributed by atoms with Crippen molar-refractivity contribution < 1.29 is 53.5 Å². The van der Waals surface area contributed by atoms with E-state index in [2.05, 4.69) is 5.32 Å². The quantitative estimate of drug-likeness (QED) is 0.0696. The smallest absolute Gasteiger partial charge is 0.373 e. The van der Waals surface area contributed by atoms with Crippen molar-refractivity contribution in [1.82, 2.24) is 10.2 Å². The van der Waals surface area contributed by atoms with Gasteiger partial charge in [0.2, 0.25) is 11.7 Å². The number of amides is 2. The van der Waals surface area contributed by atoms with Gasteiger partial charge in [0, 0.05) is 24.9 Å². The maximum atomic E-state index is 13.2. The van der Waals surface area contributed by atoms with E-state index in [1.165, 1.54) is 32.4 Å². The molecular formula is C25H29N3O11S. The van der Waals surface area contributed by atoms with E-state index in [9.17, 15) is 34.2 Å². The average molecular weight is 580 g/mol. The zero-order chi connectivity index (χ0) is 29.6. The molecule has 0 radical (unpaired) electrons. The molecule has 1 fully saturated rings. The number of thioether (sulfide) groups is 1. The number of phenolic OH excluding ortho intramolecular Hbond substituents is 1. The number of benzene rings is 1.